The predicted molar refractivity (Wildman–Crippen MR) is 81.4 cm³/mol. The first-order chi connectivity index (χ1) is 10.5. The molecule has 1 amide bonds. The number of ether oxygens (including phenoxy) is 1. The van der Waals surface area contributed by atoms with Crippen LogP contribution in [-0.4, -0.2) is 37.1 Å². The minimum Gasteiger partial charge on any atom is -0.465 e. The van der Waals surface area contributed by atoms with Crippen molar-refractivity contribution in [2.45, 2.75) is 19.3 Å². The fourth-order valence-electron chi connectivity index (χ4n) is 3.13. The summed E-state index contributed by atoms with van der Waals surface area (Å²) in [6.07, 6.45) is 3.98. The largest absolute Gasteiger partial charge is 0.465 e. The molecule has 3 heterocycles. The van der Waals surface area contributed by atoms with Crippen LogP contribution in [-0.2, 0) is 9.53 Å². The lowest BCUT2D eigenvalue weighted by molar-refractivity contribution is -0.131. The highest BCUT2D eigenvalue weighted by Crippen LogP contribution is 2.40. The van der Waals surface area contributed by atoms with Crippen molar-refractivity contribution in [2.75, 3.05) is 25.1 Å². The topological polar surface area (TPSA) is 71.5 Å². The Labute approximate surface area is 129 Å². The van der Waals surface area contributed by atoms with Gasteiger partial charge in [-0.3, -0.25) is 4.79 Å². The number of aromatic nitrogens is 1. The Hall–Kier alpha value is -2.37. The van der Waals surface area contributed by atoms with Crippen molar-refractivity contribution in [1.82, 2.24) is 10.3 Å². The molecule has 2 aliphatic rings. The zero-order valence-corrected chi connectivity index (χ0v) is 12.6. The number of allylic oxidation sites excluding steroid dienone is 1. The number of rotatable bonds is 2. The first-order valence-corrected chi connectivity index (χ1v) is 7.33. The van der Waals surface area contributed by atoms with Gasteiger partial charge < -0.3 is 15.0 Å². The van der Waals surface area contributed by atoms with Gasteiger partial charge in [0.25, 0.3) is 0 Å². The van der Waals surface area contributed by atoms with Gasteiger partial charge in [-0.25, -0.2) is 9.78 Å². The fourth-order valence-corrected chi connectivity index (χ4v) is 3.13. The molecule has 0 aliphatic carbocycles. The van der Waals surface area contributed by atoms with Gasteiger partial charge in [-0.05, 0) is 31.4 Å². The Morgan fingerprint density at radius 2 is 2.27 bits per heavy atom. The summed E-state index contributed by atoms with van der Waals surface area (Å²) in [5.41, 5.74) is 0.880. The molecule has 0 radical (unpaired) electrons. The quantitative estimate of drug-likeness (QED) is 0.838. The Balaban J connectivity index is 1.74. The van der Waals surface area contributed by atoms with E-state index in [1.165, 1.54) is 13.3 Å². The maximum atomic E-state index is 12.3. The second kappa shape index (κ2) is 5.44. The van der Waals surface area contributed by atoms with Gasteiger partial charge in [-0.1, -0.05) is 6.58 Å². The van der Waals surface area contributed by atoms with Gasteiger partial charge in [0.1, 0.15) is 5.82 Å². The third kappa shape index (κ3) is 2.45. The van der Waals surface area contributed by atoms with Gasteiger partial charge in [0.05, 0.1) is 18.1 Å². The van der Waals surface area contributed by atoms with E-state index in [1.54, 1.807) is 12.1 Å². The lowest BCUT2D eigenvalue weighted by Crippen LogP contribution is -2.46. The minimum absolute atomic E-state index is 0.0671. The Kier molecular flexibility index (Phi) is 3.60. The molecule has 1 aromatic rings. The first kappa shape index (κ1) is 14.6. The van der Waals surface area contributed by atoms with Crippen LogP contribution in [0.3, 0.4) is 0 Å². The third-order valence-electron chi connectivity index (χ3n) is 4.52. The number of nitrogens with zero attached hydrogens (tertiary/aromatic N) is 2. The molecule has 2 aliphatic heterocycles. The molecule has 116 valence electrons. The standard InChI is InChI=1S/C16H19N3O3/c1-11-5-6-16(15(21)18-11)7-8-19(10-16)13-4-3-12(9-17-13)14(20)22-2/h3-4,9H,1,5-8,10H2,2H3,(H,18,21). The average Bonchev–Trinajstić information content (AvgIpc) is 2.96. The molecule has 6 heteroatoms. The summed E-state index contributed by atoms with van der Waals surface area (Å²) < 4.78 is 4.66. The van der Waals surface area contributed by atoms with E-state index in [4.69, 9.17) is 0 Å². The molecule has 1 atom stereocenters. The molecule has 3 rings (SSSR count). The van der Waals surface area contributed by atoms with Gasteiger partial charge in [-0.2, -0.15) is 0 Å². The fraction of sp³-hybridized carbons (Fsp3) is 0.438. The van der Waals surface area contributed by atoms with Crippen LogP contribution in [0.5, 0.6) is 0 Å². The molecule has 0 aromatic carbocycles. The monoisotopic (exact) mass is 301 g/mol. The summed E-state index contributed by atoms with van der Waals surface area (Å²) in [5.74, 6) is 0.446. The highest BCUT2D eigenvalue weighted by molar-refractivity contribution is 5.89. The molecule has 1 aromatic heterocycles. The van der Waals surface area contributed by atoms with Gasteiger partial charge in [-0.15, -0.1) is 0 Å². The number of piperidine rings is 1. The van der Waals surface area contributed by atoms with Crippen LogP contribution in [0.15, 0.2) is 30.6 Å². The van der Waals surface area contributed by atoms with Gasteiger partial charge in [0.2, 0.25) is 5.91 Å². The van der Waals surface area contributed by atoms with E-state index in [-0.39, 0.29) is 11.3 Å². The molecular formula is C16H19N3O3. The maximum absolute atomic E-state index is 12.3. The number of amides is 1. The number of esters is 1. The molecule has 2 saturated heterocycles. The van der Waals surface area contributed by atoms with Crippen LogP contribution >= 0.6 is 0 Å². The number of nitrogens with one attached hydrogen (secondary N) is 1. The molecule has 0 saturated carbocycles. The zero-order valence-electron chi connectivity index (χ0n) is 12.6. The SMILES string of the molecule is C=C1CCC2(CCN(c3ccc(C(=O)OC)cn3)C2)C(=O)N1. The van der Waals surface area contributed by atoms with Crippen LogP contribution in [0, 0.1) is 5.41 Å². The van der Waals surface area contributed by atoms with Crippen LogP contribution in [0.1, 0.15) is 29.6 Å². The molecule has 1 N–H and O–H groups in total. The van der Waals surface area contributed by atoms with Crippen LogP contribution < -0.4 is 10.2 Å². The smallest absolute Gasteiger partial charge is 0.339 e. The van der Waals surface area contributed by atoms with Crippen molar-refractivity contribution < 1.29 is 14.3 Å². The van der Waals surface area contributed by atoms with E-state index < -0.39 is 5.97 Å². The van der Waals surface area contributed by atoms with Crippen molar-refractivity contribution in [1.29, 1.82) is 0 Å². The number of hydrogen-bond acceptors (Lipinski definition) is 5. The van der Waals surface area contributed by atoms with Crippen molar-refractivity contribution in [3.05, 3.63) is 36.2 Å². The zero-order chi connectivity index (χ0) is 15.7. The molecule has 2 fully saturated rings. The average molecular weight is 301 g/mol. The highest BCUT2D eigenvalue weighted by Gasteiger charge is 2.46. The molecule has 1 spiro atoms. The number of pyridine rings is 1. The van der Waals surface area contributed by atoms with Crippen molar-refractivity contribution in [2.24, 2.45) is 5.41 Å². The summed E-state index contributed by atoms with van der Waals surface area (Å²) in [4.78, 5) is 30.1. The van der Waals surface area contributed by atoms with Crippen LogP contribution in [0.25, 0.3) is 0 Å². The Morgan fingerprint density at radius 3 is 2.91 bits per heavy atom. The number of anilines is 1. The van der Waals surface area contributed by atoms with E-state index in [2.05, 4.69) is 26.5 Å². The van der Waals surface area contributed by atoms with Gasteiger partial charge >= 0.3 is 5.97 Å². The van der Waals surface area contributed by atoms with Crippen molar-refractivity contribution in [3.63, 3.8) is 0 Å². The molecule has 1 unspecified atom stereocenters. The van der Waals surface area contributed by atoms with E-state index in [0.29, 0.717) is 12.1 Å². The highest BCUT2D eigenvalue weighted by atomic mass is 16.5. The number of carbonyl (C=O) groups is 2. The number of carbonyl (C=O) groups excluding carboxylic acids is 2. The number of methoxy groups -OCH3 is 1. The normalized spacial score (nSPS) is 24.5. The molecule has 0 bridgehead atoms. The van der Waals surface area contributed by atoms with Gasteiger partial charge in [0, 0.05) is 25.0 Å². The minimum atomic E-state index is -0.401. The summed E-state index contributed by atoms with van der Waals surface area (Å²) in [5, 5.41) is 2.87. The Morgan fingerprint density at radius 1 is 1.45 bits per heavy atom. The predicted octanol–water partition coefficient (Wildman–Crippen LogP) is 1.49. The van der Waals surface area contributed by atoms with Crippen LogP contribution in [0.2, 0.25) is 0 Å². The lowest BCUT2D eigenvalue weighted by atomic mass is 9.78. The summed E-state index contributed by atoms with van der Waals surface area (Å²) in [7, 11) is 1.34. The molecule has 22 heavy (non-hydrogen) atoms. The van der Waals surface area contributed by atoms with E-state index >= 15 is 0 Å². The summed E-state index contributed by atoms with van der Waals surface area (Å²) in [6.45, 7) is 5.26. The van der Waals surface area contributed by atoms with E-state index in [0.717, 1.165) is 37.3 Å². The van der Waals surface area contributed by atoms with Crippen LogP contribution in [0.4, 0.5) is 5.82 Å². The van der Waals surface area contributed by atoms with Crippen molar-refractivity contribution in [3.8, 4) is 0 Å². The van der Waals surface area contributed by atoms with E-state index in [1.807, 2.05) is 0 Å². The summed E-state index contributed by atoms with van der Waals surface area (Å²) >= 11 is 0. The summed E-state index contributed by atoms with van der Waals surface area (Å²) in [6, 6.07) is 3.49. The third-order valence-corrected chi connectivity index (χ3v) is 4.52. The second-order valence-corrected chi connectivity index (χ2v) is 5.91. The maximum Gasteiger partial charge on any atom is 0.339 e. The Bertz CT molecular complexity index is 626. The molecular weight excluding hydrogens is 282 g/mol. The second-order valence-electron chi connectivity index (χ2n) is 5.91. The van der Waals surface area contributed by atoms with E-state index in [9.17, 15) is 9.59 Å². The lowest BCUT2D eigenvalue weighted by Gasteiger charge is -2.33. The first-order valence-electron chi connectivity index (χ1n) is 7.33. The van der Waals surface area contributed by atoms with Crippen molar-refractivity contribution >= 4 is 17.7 Å². The van der Waals surface area contributed by atoms with Gasteiger partial charge in [0.15, 0.2) is 0 Å². The number of hydrogen-bond donors (Lipinski definition) is 1. The molecule has 6 nitrogen and oxygen atoms in total.